The summed E-state index contributed by atoms with van der Waals surface area (Å²) in [6.45, 7) is 9.82. The first-order chi connectivity index (χ1) is 19.2. The Morgan fingerprint density at radius 3 is 2.48 bits per heavy atom. The number of hydrogen-bond donors (Lipinski definition) is 1. The van der Waals surface area contributed by atoms with Gasteiger partial charge in [-0.25, -0.2) is 0 Å². The van der Waals surface area contributed by atoms with Crippen LogP contribution in [-0.2, 0) is 9.59 Å². The molecule has 40 heavy (non-hydrogen) atoms. The van der Waals surface area contributed by atoms with E-state index in [4.69, 9.17) is 14.2 Å². The van der Waals surface area contributed by atoms with Crippen molar-refractivity contribution in [3.8, 4) is 17.2 Å². The highest BCUT2D eigenvalue weighted by Crippen LogP contribution is 2.47. The van der Waals surface area contributed by atoms with Crippen LogP contribution in [0.3, 0.4) is 0 Å². The number of nitrogens with zero attached hydrogens (tertiary/aromatic N) is 3. The summed E-state index contributed by atoms with van der Waals surface area (Å²) in [5.74, 6) is 0.378. The summed E-state index contributed by atoms with van der Waals surface area (Å²) in [5, 5.41) is 10.5. The number of carbonyl (C=O) groups excluding carboxylic acids is 1. The maximum atomic E-state index is 13.7. The van der Waals surface area contributed by atoms with Crippen molar-refractivity contribution < 1.29 is 28.9 Å². The zero-order valence-electron chi connectivity index (χ0n) is 25.5. The highest BCUT2D eigenvalue weighted by Gasteiger charge is 2.48. The van der Waals surface area contributed by atoms with Crippen LogP contribution < -0.4 is 14.2 Å². The summed E-state index contributed by atoms with van der Waals surface area (Å²) in [7, 11) is 5.71. The Labute approximate surface area is 240 Å². The average Bonchev–Trinajstić information content (AvgIpc) is 3.52. The number of hydrogen-bond acceptors (Lipinski definition) is 7. The van der Waals surface area contributed by atoms with Crippen LogP contribution in [0.15, 0.2) is 12.1 Å². The van der Waals surface area contributed by atoms with Crippen LogP contribution in [-0.4, -0.2) is 98.4 Å². The first-order valence-corrected chi connectivity index (χ1v) is 15.1. The maximum Gasteiger partial charge on any atom is 0.308 e. The fourth-order valence-corrected chi connectivity index (χ4v) is 6.23. The van der Waals surface area contributed by atoms with Gasteiger partial charge < -0.3 is 29.1 Å². The lowest BCUT2D eigenvalue weighted by Crippen LogP contribution is -2.45. The number of rotatable bonds is 17. The maximum absolute atomic E-state index is 13.7. The van der Waals surface area contributed by atoms with Crippen LogP contribution in [0, 0.1) is 11.8 Å². The van der Waals surface area contributed by atoms with Crippen LogP contribution in [0.1, 0.15) is 77.2 Å². The van der Waals surface area contributed by atoms with Crippen molar-refractivity contribution in [2.75, 3.05) is 60.7 Å². The van der Waals surface area contributed by atoms with Crippen molar-refractivity contribution in [2.24, 2.45) is 11.8 Å². The largest absolute Gasteiger partial charge is 0.493 e. The van der Waals surface area contributed by atoms with E-state index in [9.17, 15) is 14.7 Å². The minimum atomic E-state index is -0.822. The number of benzene rings is 1. The number of likely N-dealkylation sites (tertiary alicyclic amines) is 1. The molecule has 0 radical (unpaired) electrons. The van der Waals surface area contributed by atoms with Crippen LogP contribution in [0.4, 0.5) is 0 Å². The van der Waals surface area contributed by atoms with Crippen LogP contribution in [0.2, 0.25) is 0 Å². The zero-order chi connectivity index (χ0) is 29.2. The minimum Gasteiger partial charge on any atom is -0.493 e. The number of methoxy groups -OCH3 is 1. The van der Waals surface area contributed by atoms with Crippen molar-refractivity contribution in [1.82, 2.24) is 14.7 Å². The number of fused-ring (bicyclic) bond motifs is 1. The number of amides is 1. The lowest BCUT2D eigenvalue weighted by molar-refractivity contribution is -0.144. The second kappa shape index (κ2) is 15.5. The summed E-state index contributed by atoms with van der Waals surface area (Å²) >= 11 is 0. The average molecular weight is 562 g/mol. The first kappa shape index (κ1) is 32.0. The molecule has 2 aliphatic rings. The highest BCUT2D eigenvalue weighted by atomic mass is 16.7. The van der Waals surface area contributed by atoms with E-state index in [0.717, 1.165) is 70.1 Å². The van der Waals surface area contributed by atoms with E-state index in [-0.39, 0.29) is 31.2 Å². The first-order valence-electron chi connectivity index (χ1n) is 15.1. The van der Waals surface area contributed by atoms with Gasteiger partial charge >= 0.3 is 5.97 Å². The van der Waals surface area contributed by atoms with Crippen molar-refractivity contribution in [3.05, 3.63) is 17.7 Å². The number of carboxylic acids is 1. The fraction of sp³-hybridized carbons (Fsp3) is 0.742. The Morgan fingerprint density at radius 1 is 1.10 bits per heavy atom. The lowest BCUT2D eigenvalue weighted by Gasteiger charge is -2.31. The number of carboxylic acid groups (broad SMARTS) is 1. The lowest BCUT2D eigenvalue weighted by atomic mass is 9.81. The SMILES string of the molecule is CCCCN(CCCCN(C)C)C(=O)CN1C[C@H](c2cc(OC)c3c(c2)OCO3)[C@@H](C(=O)O)[C@@H]1CC(C)CCC. The predicted molar refractivity (Wildman–Crippen MR) is 156 cm³/mol. The quantitative estimate of drug-likeness (QED) is 0.274. The molecule has 9 heteroatoms. The Morgan fingerprint density at radius 2 is 1.82 bits per heavy atom. The van der Waals surface area contributed by atoms with E-state index in [1.807, 2.05) is 17.0 Å². The van der Waals surface area contributed by atoms with Gasteiger partial charge in [-0.3, -0.25) is 14.5 Å². The molecule has 0 bridgehead atoms. The third-order valence-electron chi connectivity index (χ3n) is 8.32. The van der Waals surface area contributed by atoms with E-state index in [2.05, 4.69) is 44.7 Å². The third-order valence-corrected chi connectivity index (χ3v) is 8.32. The Kier molecular flexibility index (Phi) is 12.4. The Balaban J connectivity index is 1.87. The van der Waals surface area contributed by atoms with Crippen molar-refractivity contribution in [1.29, 1.82) is 0 Å². The molecule has 1 saturated heterocycles. The summed E-state index contributed by atoms with van der Waals surface area (Å²) in [6.07, 6.45) is 6.81. The highest BCUT2D eigenvalue weighted by molar-refractivity contribution is 5.79. The molecule has 1 unspecified atom stereocenters. The summed E-state index contributed by atoms with van der Waals surface area (Å²) < 4.78 is 16.8. The third kappa shape index (κ3) is 8.26. The normalized spacial score (nSPS) is 21.1. The smallest absolute Gasteiger partial charge is 0.308 e. The number of unbranched alkanes of at least 4 members (excludes halogenated alkanes) is 2. The van der Waals surface area contributed by atoms with Crippen molar-refractivity contribution >= 4 is 11.9 Å². The van der Waals surface area contributed by atoms with Gasteiger partial charge in [-0.1, -0.05) is 40.0 Å². The number of ether oxygens (including phenoxy) is 3. The molecule has 1 amide bonds. The topological polar surface area (TPSA) is 91.8 Å². The molecule has 1 aromatic carbocycles. The molecule has 2 aliphatic heterocycles. The number of carbonyl (C=O) groups is 2. The van der Waals surface area contributed by atoms with Crippen molar-refractivity contribution in [3.63, 3.8) is 0 Å². The van der Waals surface area contributed by atoms with E-state index in [0.29, 0.717) is 29.7 Å². The van der Waals surface area contributed by atoms with Crippen LogP contribution in [0.25, 0.3) is 0 Å². The molecule has 0 aliphatic carbocycles. The molecule has 0 aromatic heterocycles. The van der Waals surface area contributed by atoms with E-state index in [1.165, 1.54) is 0 Å². The molecule has 4 atom stereocenters. The molecule has 9 nitrogen and oxygen atoms in total. The molecule has 0 saturated carbocycles. The van der Waals surface area contributed by atoms with Gasteiger partial charge in [-0.2, -0.15) is 0 Å². The van der Waals surface area contributed by atoms with Gasteiger partial charge in [0.25, 0.3) is 0 Å². The second-order valence-corrected chi connectivity index (χ2v) is 11.8. The van der Waals surface area contributed by atoms with Crippen molar-refractivity contribution in [2.45, 2.75) is 77.7 Å². The van der Waals surface area contributed by atoms with Gasteiger partial charge in [0.05, 0.1) is 19.6 Å². The van der Waals surface area contributed by atoms with Gasteiger partial charge in [-0.15, -0.1) is 0 Å². The molecule has 0 spiro atoms. The molecule has 1 fully saturated rings. The van der Waals surface area contributed by atoms with Gasteiger partial charge in [0.15, 0.2) is 11.5 Å². The Hall–Kier alpha value is -2.52. The summed E-state index contributed by atoms with van der Waals surface area (Å²) in [6, 6.07) is 3.54. The van der Waals surface area contributed by atoms with Gasteiger partial charge in [0.1, 0.15) is 0 Å². The second-order valence-electron chi connectivity index (χ2n) is 11.8. The molecule has 2 heterocycles. The van der Waals surface area contributed by atoms with Gasteiger partial charge in [-0.05, 0) is 69.9 Å². The van der Waals surface area contributed by atoms with Gasteiger partial charge in [0, 0.05) is 31.6 Å². The zero-order valence-corrected chi connectivity index (χ0v) is 25.5. The summed E-state index contributed by atoms with van der Waals surface area (Å²) in [5.41, 5.74) is 0.850. The number of aliphatic carboxylic acids is 1. The Bertz CT molecular complexity index is 971. The fourth-order valence-electron chi connectivity index (χ4n) is 6.23. The molecule has 226 valence electrons. The van der Waals surface area contributed by atoms with Crippen LogP contribution >= 0.6 is 0 Å². The molecular formula is C31H51N3O6. The van der Waals surface area contributed by atoms with E-state index < -0.39 is 11.9 Å². The van der Waals surface area contributed by atoms with Crippen LogP contribution in [0.5, 0.6) is 17.2 Å². The standard InChI is InChI=1S/C31H51N3O6/c1-7-9-14-33(15-11-10-13-32(4)5)28(35)20-34-19-24(29(31(36)37)25(34)16-22(3)12-8-2)23-17-26(38-6)30-27(18-23)39-21-40-30/h17-18,22,24-25,29H,7-16,19-21H2,1-6H3,(H,36,37)/t22?,24-,25+,29-/m1/s1. The molecule has 1 N–H and O–H groups in total. The van der Waals surface area contributed by atoms with E-state index in [1.54, 1.807) is 7.11 Å². The minimum absolute atomic E-state index is 0.0968. The van der Waals surface area contributed by atoms with E-state index >= 15 is 0 Å². The summed E-state index contributed by atoms with van der Waals surface area (Å²) in [4.78, 5) is 32.9. The molecule has 3 rings (SSSR count). The monoisotopic (exact) mass is 561 g/mol. The predicted octanol–water partition coefficient (Wildman–Crippen LogP) is 4.69. The molecule has 1 aromatic rings. The van der Waals surface area contributed by atoms with Gasteiger partial charge in [0.2, 0.25) is 18.4 Å². The molecular weight excluding hydrogens is 510 g/mol.